The molecule has 4 atom stereocenters. The Morgan fingerprint density at radius 1 is 1.37 bits per heavy atom. The van der Waals surface area contributed by atoms with Crippen LogP contribution in [0.3, 0.4) is 0 Å². The number of carboxylic acid groups (broad SMARTS) is 1. The summed E-state index contributed by atoms with van der Waals surface area (Å²) in [5, 5.41) is 9.13. The molecule has 1 aliphatic heterocycles. The summed E-state index contributed by atoms with van der Waals surface area (Å²) in [5.41, 5.74) is 4.62. The number of nitrogens with zero attached hydrogens (tertiary/aromatic N) is 2. The average Bonchev–Trinajstić information content (AvgIpc) is 3.29. The van der Waals surface area contributed by atoms with Gasteiger partial charge in [0.2, 0.25) is 5.43 Å². The number of halogens is 3. The van der Waals surface area contributed by atoms with Crippen LogP contribution in [0.2, 0.25) is 5.02 Å². The largest absolute Gasteiger partial charge is 0.477 e. The molecule has 1 saturated heterocycles. The lowest BCUT2D eigenvalue weighted by molar-refractivity contribution is 0.0694. The minimum atomic E-state index is -1.46. The van der Waals surface area contributed by atoms with Crippen molar-refractivity contribution in [3.8, 4) is 0 Å². The van der Waals surface area contributed by atoms with Crippen molar-refractivity contribution in [1.29, 1.82) is 0 Å². The number of pyridine rings is 1. The highest BCUT2D eigenvalue weighted by molar-refractivity contribution is 6.38. The molecule has 2 unspecified atom stereocenters. The van der Waals surface area contributed by atoms with Gasteiger partial charge in [-0.25, -0.2) is 13.6 Å². The van der Waals surface area contributed by atoms with Gasteiger partial charge in [0.15, 0.2) is 0 Å². The number of benzene rings is 1. The lowest BCUT2D eigenvalue weighted by Gasteiger charge is -2.27. The van der Waals surface area contributed by atoms with Gasteiger partial charge in [0.25, 0.3) is 0 Å². The van der Waals surface area contributed by atoms with Gasteiger partial charge in [0, 0.05) is 31.6 Å². The maximum atomic E-state index is 15.2. The van der Waals surface area contributed by atoms with E-state index in [2.05, 4.69) is 0 Å². The standard InChI is InChI=1S/C21H18ClF2N3O3/c22-16-17-11(19(28)12(20(29)30)8-27(17)15-6-13(15)23)5-14(24)18(16)26-7-10-3-1-2-4-21(10,25)9-26/h1-5,8,10,13,15H,6-7,9,25H2,(H,29,30)/t10?,13-,15+,21?/m0/s1. The number of hydrogen-bond acceptors (Lipinski definition) is 4. The minimum absolute atomic E-state index is 0.0381. The third-order valence-electron chi connectivity index (χ3n) is 6.20. The van der Waals surface area contributed by atoms with Gasteiger partial charge in [0.05, 0.1) is 33.2 Å². The Hall–Kier alpha value is -2.71. The summed E-state index contributed by atoms with van der Waals surface area (Å²) in [6.45, 7) is 0.735. The summed E-state index contributed by atoms with van der Waals surface area (Å²) in [7, 11) is 0. The topological polar surface area (TPSA) is 88.6 Å². The Balaban J connectivity index is 1.73. The fourth-order valence-electron chi connectivity index (χ4n) is 4.51. The summed E-state index contributed by atoms with van der Waals surface area (Å²) in [5.74, 6) is -2.25. The molecular formula is C21H18ClF2N3O3. The zero-order valence-corrected chi connectivity index (χ0v) is 16.4. The number of anilines is 1. The number of allylic oxidation sites excluding steroid dienone is 2. The van der Waals surface area contributed by atoms with Crippen molar-refractivity contribution in [3.05, 3.63) is 63.2 Å². The second-order valence-electron chi connectivity index (χ2n) is 8.16. The first-order chi connectivity index (χ1) is 14.2. The Morgan fingerprint density at radius 3 is 2.73 bits per heavy atom. The van der Waals surface area contributed by atoms with E-state index in [1.165, 1.54) is 4.57 Å². The molecule has 2 heterocycles. The number of aromatic nitrogens is 1. The van der Waals surface area contributed by atoms with Gasteiger partial charge in [-0.1, -0.05) is 35.9 Å². The number of hydrogen-bond donors (Lipinski definition) is 2. The summed E-state index contributed by atoms with van der Waals surface area (Å²) in [4.78, 5) is 25.9. The third kappa shape index (κ3) is 2.70. The Labute approximate surface area is 174 Å². The van der Waals surface area contributed by atoms with Crippen LogP contribution in [-0.4, -0.2) is 40.4 Å². The molecule has 2 aliphatic carbocycles. The van der Waals surface area contributed by atoms with Crippen LogP contribution in [0.15, 0.2) is 41.4 Å². The molecule has 156 valence electrons. The van der Waals surface area contributed by atoms with Crippen molar-refractivity contribution < 1.29 is 18.7 Å². The number of carbonyl (C=O) groups is 1. The minimum Gasteiger partial charge on any atom is -0.477 e. The van der Waals surface area contributed by atoms with Crippen LogP contribution in [0, 0.1) is 11.7 Å². The van der Waals surface area contributed by atoms with Crippen molar-refractivity contribution in [2.45, 2.75) is 24.2 Å². The molecule has 0 bridgehead atoms. The molecule has 30 heavy (non-hydrogen) atoms. The van der Waals surface area contributed by atoms with Crippen LogP contribution in [0.1, 0.15) is 22.8 Å². The second-order valence-corrected chi connectivity index (χ2v) is 8.54. The fraction of sp³-hybridized carbons (Fsp3) is 0.333. The monoisotopic (exact) mass is 433 g/mol. The predicted molar refractivity (Wildman–Crippen MR) is 110 cm³/mol. The quantitative estimate of drug-likeness (QED) is 0.776. The summed E-state index contributed by atoms with van der Waals surface area (Å²) in [6, 6.07) is 0.351. The predicted octanol–water partition coefficient (Wildman–Crippen LogP) is 3.03. The molecule has 3 N–H and O–H groups in total. The van der Waals surface area contributed by atoms with Crippen LogP contribution in [0.4, 0.5) is 14.5 Å². The molecular weight excluding hydrogens is 416 g/mol. The van der Waals surface area contributed by atoms with E-state index in [0.29, 0.717) is 13.1 Å². The number of rotatable bonds is 3. The number of aromatic carboxylic acids is 1. The van der Waals surface area contributed by atoms with Crippen molar-refractivity contribution in [2.24, 2.45) is 11.7 Å². The molecule has 3 aliphatic rings. The maximum absolute atomic E-state index is 15.2. The highest BCUT2D eigenvalue weighted by Gasteiger charge is 2.44. The molecule has 1 aromatic heterocycles. The van der Waals surface area contributed by atoms with Crippen molar-refractivity contribution in [1.82, 2.24) is 4.57 Å². The maximum Gasteiger partial charge on any atom is 0.341 e. The average molecular weight is 434 g/mol. The first kappa shape index (κ1) is 19.3. The zero-order chi connectivity index (χ0) is 21.4. The van der Waals surface area contributed by atoms with E-state index >= 15 is 4.39 Å². The van der Waals surface area contributed by atoms with E-state index in [1.807, 2.05) is 24.3 Å². The fourth-order valence-corrected chi connectivity index (χ4v) is 4.92. The van der Waals surface area contributed by atoms with Crippen molar-refractivity contribution in [3.63, 3.8) is 0 Å². The molecule has 0 amide bonds. The summed E-state index contributed by atoms with van der Waals surface area (Å²) >= 11 is 6.61. The molecule has 1 aromatic carbocycles. The number of nitrogens with two attached hydrogens (primary N) is 1. The second kappa shape index (κ2) is 6.39. The molecule has 5 rings (SSSR count). The number of fused-ring (bicyclic) bond motifs is 2. The Kier molecular flexibility index (Phi) is 4.10. The van der Waals surface area contributed by atoms with E-state index in [4.69, 9.17) is 17.3 Å². The van der Waals surface area contributed by atoms with E-state index in [9.17, 15) is 19.1 Å². The van der Waals surface area contributed by atoms with E-state index < -0.39 is 40.5 Å². The normalized spacial score (nSPS) is 29.5. The molecule has 2 aromatic rings. The highest BCUT2D eigenvalue weighted by atomic mass is 35.5. The Bertz CT molecular complexity index is 1220. The molecule has 9 heteroatoms. The van der Waals surface area contributed by atoms with Crippen LogP contribution >= 0.6 is 11.6 Å². The molecule has 1 saturated carbocycles. The van der Waals surface area contributed by atoms with Gasteiger partial charge >= 0.3 is 5.97 Å². The van der Waals surface area contributed by atoms with Gasteiger partial charge in [-0.05, 0) is 6.07 Å². The van der Waals surface area contributed by atoms with E-state index in [0.717, 1.165) is 12.3 Å². The third-order valence-corrected chi connectivity index (χ3v) is 6.56. The van der Waals surface area contributed by atoms with Crippen molar-refractivity contribution >= 4 is 34.2 Å². The van der Waals surface area contributed by atoms with Gasteiger partial charge < -0.3 is 20.3 Å². The highest BCUT2D eigenvalue weighted by Crippen LogP contribution is 2.45. The van der Waals surface area contributed by atoms with Crippen LogP contribution < -0.4 is 16.1 Å². The van der Waals surface area contributed by atoms with Crippen LogP contribution in [0.25, 0.3) is 10.9 Å². The van der Waals surface area contributed by atoms with Gasteiger partial charge in [-0.15, -0.1) is 0 Å². The SMILES string of the molecule is NC12C=CC=CC1CN(c1c(F)cc3c(=O)c(C(=O)O)cn([C@@H]4C[C@@H]4F)c3c1Cl)C2. The number of alkyl halides is 1. The number of carboxylic acids is 1. The smallest absolute Gasteiger partial charge is 0.341 e. The first-order valence-electron chi connectivity index (χ1n) is 9.55. The molecule has 0 spiro atoms. The first-order valence-corrected chi connectivity index (χ1v) is 9.93. The van der Waals surface area contributed by atoms with Gasteiger partial charge in [0.1, 0.15) is 17.6 Å². The summed E-state index contributed by atoms with van der Waals surface area (Å²) in [6.07, 6.45) is 7.66. The Morgan fingerprint density at radius 2 is 2.10 bits per heavy atom. The van der Waals surface area contributed by atoms with Crippen molar-refractivity contribution in [2.75, 3.05) is 18.0 Å². The van der Waals surface area contributed by atoms with E-state index in [1.54, 1.807) is 4.90 Å². The van der Waals surface area contributed by atoms with Gasteiger partial charge in [-0.3, -0.25) is 4.79 Å². The summed E-state index contributed by atoms with van der Waals surface area (Å²) < 4.78 is 30.4. The molecule has 0 radical (unpaired) electrons. The molecule has 2 fully saturated rings. The van der Waals surface area contributed by atoms with E-state index in [-0.39, 0.29) is 34.0 Å². The van der Waals surface area contributed by atoms with Crippen LogP contribution in [0.5, 0.6) is 0 Å². The lowest BCUT2D eigenvalue weighted by Crippen LogP contribution is -2.46. The van der Waals surface area contributed by atoms with Gasteiger partial charge in [-0.2, -0.15) is 0 Å². The zero-order valence-electron chi connectivity index (χ0n) is 15.7. The molecule has 6 nitrogen and oxygen atoms in total. The lowest BCUT2D eigenvalue weighted by atomic mass is 9.85. The van der Waals surface area contributed by atoms with Crippen LogP contribution in [-0.2, 0) is 0 Å².